The molecule has 3 nitrogen and oxygen atoms in total. The summed E-state index contributed by atoms with van der Waals surface area (Å²) in [5.41, 5.74) is 4.69. The Morgan fingerprint density at radius 1 is 1.58 bits per heavy atom. The lowest BCUT2D eigenvalue weighted by Gasteiger charge is -2.38. The molecule has 1 rings (SSSR count). The van der Waals surface area contributed by atoms with Crippen LogP contribution in [0.3, 0.4) is 0 Å². The van der Waals surface area contributed by atoms with Crippen molar-refractivity contribution < 1.29 is 9.53 Å². The van der Waals surface area contributed by atoms with Gasteiger partial charge in [-0.05, 0) is 32.1 Å². The second-order valence-electron chi connectivity index (χ2n) is 3.88. The Labute approximate surface area is 73.3 Å². The van der Waals surface area contributed by atoms with Crippen molar-refractivity contribution in [2.24, 2.45) is 11.7 Å². The Hall–Kier alpha value is -0.730. The third-order valence-electron chi connectivity index (χ3n) is 2.94. The van der Waals surface area contributed by atoms with Gasteiger partial charge in [-0.15, -0.1) is 0 Å². The van der Waals surface area contributed by atoms with Gasteiger partial charge in [0, 0.05) is 0 Å². The van der Waals surface area contributed by atoms with E-state index in [1.54, 1.807) is 0 Å². The van der Waals surface area contributed by atoms with E-state index in [4.69, 9.17) is 10.5 Å². The average Bonchev–Trinajstić information content (AvgIpc) is 1.94. The van der Waals surface area contributed by atoms with E-state index >= 15 is 0 Å². The zero-order valence-electron chi connectivity index (χ0n) is 7.80. The minimum absolute atomic E-state index is 0.315. The molecule has 0 radical (unpaired) electrons. The standard InChI is InChI=1S/C9H17NO2/c1-7-5-3-4-6-9(7,2)12-8(10)11/h7H,3-6H2,1-2H3,(H2,10,11). The monoisotopic (exact) mass is 171 g/mol. The first-order valence-electron chi connectivity index (χ1n) is 4.53. The molecular weight excluding hydrogens is 154 g/mol. The fraction of sp³-hybridized carbons (Fsp3) is 0.889. The second-order valence-corrected chi connectivity index (χ2v) is 3.88. The number of carbonyl (C=O) groups excluding carboxylic acids is 1. The van der Waals surface area contributed by atoms with Crippen LogP contribution in [-0.4, -0.2) is 11.7 Å². The lowest BCUT2D eigenvalue weighted by molar-refractivity contribution is -0.0352. The number of primary amides is 1. The van der Waals surface area contributed by atoms with Crippen molar-refractivity contribution in [2.45, 2.75) is 45.1 Å². The van der Waals surface area contributed by atoms with Crippen LogP contribution < -0.4 is 5.73 Å². The summed E-state index contributed by atoms with van der Waals surface area (Å²) in [6, 6.07) is 0. The van der Waals surface area contributed by atoms with Gasteiger partial charge in [0.1, 0.15) is 5.60 Å². The summed E-state index contributed by atoms with van der Waals surface area (Å²) in [4.78, 5) is 10.6. The average molecular weight is 171 g/mol. The van der Waals surface area contributed by atoms with E-state index in [1.807, 2.05) is 6.92 Å². The first-order valence-corrected chi connectivity index (χ1v) is 4.53. The molecule has 1 aliphatic rings. The van der Waals surface area contributed by atoms with Crippen molar-refractivity contribution in [1.82, 2.24) is 0 Å². The molecule has 3 heteroatoms. The van der Waals surface area contributed by atoms with Gasteiger partial charge in [-0.25, -0.2) is 4.79 Å². The van der Waals surface area contributed by atoms with E-state index in [9.17, 15) is 4.79 Å². The maximum absolute atomic E-state index is 10.6. The normalized spacial score (nSPS) is 36.0. The van der Waals surface area contributed by atoms with Gasteiger partial charge in [0.2, 0.25) is 0 Å². The Balaban J connectivity index is 2.59. The minimum atomic E-state index is -0.647. The number of amides is 1. The molecule has 1 amide bonds. The van der Waals surface area contributed by atoms with Gasteiger partial charge in [0.15, 0.2) is 0 Å². The van der Waals surface area contributed by atoms with E-state index in [0.29, 0.717) is 5.92 Å². The van der Waals surface area contributed by atoms with Gasteiger partial charge in [0.05, 0.1) is 0 Å². The highest BCUT2D eigenvalue weighted by molar-refractivity contribution is 5.65. The Kier molecular flexibility index (Phi) is 2.60. The molecule has 0 heterocycles. The number of hydrogen-bond acceptors (Lipinski definition) is 2. The van der Waals surface area contributed by atoms with Crippen molar-refractivity contribution >= 4 is 6.09 Å². The van der Waals surface area contributed by atoms with Crippen LogP contribution in [0.5, 0.6) is 0 Å². The van der Waals surface area contributed by atoms with Crippen LogP contribution in [0, 0.1) is 5.92 Å². The number of carbonyl (C=O) groups is 1. The lowest BCUT2D eigenvalue weighted by atomic mass is 9.77. The predicted octanol–water partition coefficient (Wildman–Crippen LogP) is 2.05. The summed E-state index contributed by atoms with van der Waals surface area (Å²) in [5.74, 6) is 0.429. The Bertz CT molecular complexity index is 181. The van der Waals surface area contributed by atoms with Crippen LogP contribution >= 0.6 is 0 Å². The van der Waals surface area contributed by atoms with Crippen LogP contribution in [0.25, 0.3) is 0 Å². The van der Waals surface area contributed by atoms with Crippen LogP contribution in [0.15, 0.2) is 0 Å². The molecule has 2 N–H and O–H groups in total. The van der Waals surface area contributed by atoms with Gasteiger partial charge >= 0.3 is 6.09 Å². The maximum Gasteiger partial charge on any atom is 0.405 e. The van der Waals surface area contributed by atoms with Crippen LogP contribution in [0.1, 0.15) is 39.5 Å². The molecule has 1 fully saturated rings. The zero-order valence-corrected chi connectivity index (χ0v) is 7.80. The maximum atomic E-state index is 10.6. The van der Waals surface area contributed by atoms with E-state index < -0.39 is 6.09 Å². The highest BCUT2D eigenvalue weighted by Crippen LogP contribution is 2.35. The molecule has 12 heavy (non-hydrogen) atoms. The van der Waals surface area contributed by atoms with Gasteiger partial charge < -0.3 is 10.5 Å². The number of rotatable bonds is 1. The summed E-state index contributed by atoms with van der Waals surface area (Å²) in [5, 5.41) is 0. The van der Waals surface area contributed by atoms with Crippen molar-refractivity contribution in [3.8, 4) is 0 Å². The van der Waals surface area contributed by atoms with E-state index in [0.717, 1.165) is 19.3 Å². The molecule has 0 saturated heterocycles. The van der Waals surface area contributed by atoms with E-state index in [2.05, 4.69) is 6.92 Å². The number of ether oxygens (including phenoxy) is 1. The number of nitrogens with two attached hydrogens (primary N) is 1. The summed E-state index contributed by atoms with van der Waals surface area (Å²) >= 11 is 0. The summed E-state index contributed by atoms with van der Waals surface area (Å²) in [6.07, 6.45) is 3.79. The van der Waals surface area contributed by atoms with Gasteiger partial charge in [-0.1, -0.05) is 13.3 Å². The summed E-state index contributed by atoms with van der Waals surface area (Å²) in [6.45, 7) is 4.09. The van der Waals surface area contributed by atoms with Gasteiger partial charge in [-0.3, -0.25) is 0 Å². The molecule has 1 aliphatic carbocycles. The van der Waals surface area contributed by atoms with E-state index in [1.165, 1.54) is 6.42 Å². The van der Waals surface area contributed by atoms with Crippen molar-refractivity contribution in [2.75, 3.05) is 0 Å². The first-order chi connectivity index (χ1) is 5.54. The van der Waals surface area contributed by atoms with Crippen molar-refractivity contribution in [3.63, 3.8) is 0 Å². The zero-order chi connectivity index (χ0) is 9.19. The van der Waals surface area contributed by atoms with Crippen LogP contribution in [0.2, 0.25) is 0 Å². The topological polar surface area (TPSA) is 52.3 Å². The lowest BCUT2D eigenvalue weighted by Crippen LogP contribution is -2.42. The molecule has 0 aromatic carbocycles. The molecule has 0 bridgehead atoms. The fourth-order valence-corrected chi connectivity index (χ4v) is 1.86. The van der Waals surface area contributed by atoms with Crippen molar-refractivity contribution in [1.29, 1.82) is 0 Å². The first kappa shape index (κ1) is 9.36. The summed E-state index contributed by atoms with van der Waals surface area (Å²) in [7, 11) is 0. The molecule has 2 atom stereocenters. The highest BCUT2D eigenvalue weighted by Gasteiger charge is 2.36. The van der Waals surface area contributed by atoms with Crippen LogP contribution in [-0.2, 0) is 4.74 Å². The molecule has 0 spiro atoms. The fourth-order valence-electron chi connectivity index (χ4n) is 1.86. The smallest absolute Gasteiger partial charge is 0.405 e. The van der Waals surface area contributed by atoms with Gasteiger partial charge in [0.25, 0.3) is 0 Å². The summed E-state index contributed by atoms with van der Waals surface area (Å²) < 4.78 is 5.13. The molecule has 0 aliphatic heterocycles. The third-order valence-corrected chi connectivity index (χ3v) is 2.94. The molecule has 0 aromatic rings. The van der Waals surface area contributed by atoms with Crippen molar-refractivity contribution in [3.05, 3.63) is 0 Å². The van der Waals surface area contributed by atoms with E-state index in [-0.39, 0.29) is 5.60 Å². The minimum Gasteiger partial charge on any atom is -0.443 e. The molecule has 1 saturated carbocycles. The quantitative estimate of drug-likeness (QED) is 0.656. The SMILES string of the molecule is CC1CCCCC1(C)OC(N)=O. The molecule has 2 unspecified atom stereocenters. The molecule has 0 aromatic heterocycles. The largest absolute Gasteiger partial charge is 0.443 e. The molecular formula is C9H17NO2. The second kappa shape index (κ2) is 3.33. The third kappa shape index (κ3) is 1.90. The van der Waals surface area contributed by atoms with Crippen LogP contribution in [0.4, 0.5) is 4.79 Å². The highest BCUT2D eigenvalue weighted by atomic mass is 16.6. The van der Waals surface area contributed by atoms with Gasteiger partial charge in [-0.2, -0.15) is 0 Å². The number of hydrogen-bond donors (Lipinski definition) is 1. The molecule has 70 valence electrons. The Morgan fingerprint density at radius 2 is 2.25 bits per heavy atom. The predicted molar refractivity (Wildman–Crippen MR) is 46.7 cm³/mol. The Morgan fingerprint density at radius 3 is 2.75 bits per heavy atom.